The van der Waals surface area contributed by atoms with E-state index in [9.17, 15) is 0 Å². The van der Waals surface area contributed by atoms with E-state index in [1.807, 2.05) is 0 Å². The smallest absolute Gasteiger partial charge is 0.00645 e. The first-order valence-corrected chi connectivity index (χ1v) is 5.69. The van der Waals surface area contributed by atoms with Crippen molar-refractivity contribution in [3.8, 4) is 0 Å². The van der Waals surface area contributed by atoms with Crippen LogP contribution in [0.4, 0.5) is 0 Å². The zero-order chi connectivity index (χ0) is 9.94. The van der Waals surface area contributed by atoms with E-state index in [2.05, 4.69) is 38.2 Å². The summed E-state index contributed by atoms with van der Waals surface area (Å²) in [5, 5.41) is 3.59. The fourth-order valence-corrected chi connectivity index (χ4v) is 1.44. The molecule has 1 nitrogen and oxygen atoms in total. The molecule has 0 rings (SSSR count). The second-order valence-corrected chi connectivity index (χ2v) is 3.56. The zero-order valence-electron chi connectivity index (χ0n) is 9.47. The van der Waals surface area contributed by atoms with E-state index in [4.69, 9.17) is 0 Å². The minimum absolute atomic E-state index is 0.741. The van der Waals surface area contributed by atoms with Crippen LogP contribution in [0, 0.1) is 0 Å². The normalized spacial score (nSPS) is 13.8. The van der Waals surface area contributed by atoms with Crippen LogP contribution in [0.5, 0.6) is 0 Å². The molecular formula is C12H25N. The van der Waals surface area contributed by atoms with Gasteiger partial charge in [0.2, 0.25) is 0 Å². The van der Waals surface area contributed by atoms with Crippen molar-refractivity contribution in [3.05, 3.63) is 12.2 Å². The second kappa shape index (κ2) is 9.79. The van der Waals surface area contributed by atoms with E-state index in [0.717, 1.165) is 12.6 Å². The van der Waals surface area contributed by atoms with Crippen LogP contribution in [-0.4, -0.2) is 12.6 Å². The molecule has 1 heteroatoms. The first kappa shape index (κ1) is 12.7. The summed E-state index contributed by atoms with van der Waals surface area (Å²) >= 11 is 0. The number of hydrogen-bond acceptors (Lipinski definition) is 1. The van der Waals surface area contributed by atoms with E-state index >= 15 is 0 Å². The van der Waals surface area contributed by atoms with Gasteiger partial charge in [-0.15, -0.1) is 0 Å². The van der Waals surface area contributed by atoms with Crippen molar-refractivity contribution in [2.45, 2.75) is 58.9 Å². The molecule has 0 aliphatic heterocycles. The third kappa shape index (κ3) is 8.04. The number of unbranched alkanes of at least 4 members (excludes halogenated alkanes) is 1. The Morgan fingerprint density at radius 1 is 1.31 bits per heavy atom. The van der Waals surface area contributed by atoms with Crippen LogP contribution in [0.1, 0.15) is 52.9 Å². The summed E-state index contributed by atoms with van der Waals surface area (Å²) in [5.74, 6) is 0. The van der Waals surface area contributed by atoms with Gasteiger partial charge in [0.05, 0.1) is 0 Å². The molecule has 0 aromatic carbocycles. The molecule has 0 fully saturated rings. The summed E-state index contributed by atoms with van der Waals surface area (Å²) in [5.41, 5.74) is 0. The summed E-state index contributed by atoms with van der Waals surface area (Å²) in [4.78, 5) is 0. The van der Waals surface area contributed by atoms with Crippen LogP contribution in [0.3, 0.4) is 0 Å². The number of allylic oxidation sites excluding steroid dienone is 1. The molecule has 1 unspecified atom stereocenters. The van der Waals surface area contributed by atoms with Crippen molar-refractivity contribution < 1.29 is 0 Å². The highest BCUT2D eigenvalue weighted by molar-refractivity contribution is 4.78. The maximum absolute atomic E-state index is 3.59. The molecule has 0 radical (unpaired) electrons. The molecule has 1 N–H and O–H groups in total. The molecule has 0 aliphatic rings. The SMILES string of the molecule is C/C=C/CCNC(CC)CCCC. The van der Waals surface area contributed by atoms with Gasteiger partial charge in [0.25, 0.3) is 0 Å². The number of rotatable bonds is 8. The minimum atomic E-state index is 0.741. The van der Waals surface area contributed by atoms with Gasteiger partial charge in [-0.1, -0.05) is 38.8 Å². The monoisotopic (exact) mass is 183 g/mol. The molecule has 0 amide bonds. The molecule has 0 aromatic heterocycles. The van der Waals surface area contributed by atoms with Gasteiger partial charge >= 0.3 is 0 Å². The predicted octanol–water partition coefficient (Wildman–Crippen LogP) is 3.51. The summed E-state index contributed by atoms with van der Waals surface area (Å²) in [7, 11) is 0. The van der Waals surface area contributed by atoms with Gasteiger partial charge in [0.1, 0.15) is 0 Å². The van der Waals surface area contributed by atoms with Crippen LogP contribution < -0.4 is 5.32 Å². The van der Waals surface area contributed by atoms with Crippen molar-refractivity contribution in [1.29, 1.82) is 0 Å². The lowest BCUT2D eigenvalue weighted by Gasteiger charge is -2.15. The summed E-state index contributed by atoms with van der Waals surface area (Å²) in [6.45, 7) is 7.73. The van der Waals surface area contributed by atoms with E-state index in [0.29, 0.717) is 0 Å². The fourth-order valence-electron chi connectivity index (χ4n) is 1.44. The molecule has 13 heavy (non-hydrogen) atoms. The standard InChI is InChI=1S/C12H25N/c1-4-7-9-11-13-12(6-3)10-8-5-2/h4,7,12-13H,5-6,8-11H2,1-3H3/b7-4+. The predicted molar refractivity (Wildman–Crippen MR) is 61.0 cm³/mol. The van der Waals surface area contributed by atoms with Gasteiger partial charge in [0, 0.05) is 6.04 Å². The topological polar surface area (TPSA) is 12.0 Å². The van der Waals surface area contributed by atoms with Crippen LogP contribution in [0.2, 0.25) is 0 Å². The van der Waals surface area contributed by atoms with Gasteiger partial charge < -0.3 is 5.32 Å². The maximum atomic E-state index is 3.59. The lowest BCUT2D eigenvalue weighted by atomic mass is 10.1. The minimum Gasteiger partial charge on any atom is -0.314 e. The quantitative estimate of drug-likeness (QED) is 0.448. The van der Waals surface area contributed by atoms with E-state index in [-0.39, 0.29) is 0 Å². The van der Waals surface area contributed by atoms with Crippen molar-refractivity contribution in [1.82, 2.24) is 5.32 Å². The Morgan fingerprint density at radius 3 is 2.62 bits per heavy atom. The molecule has 0 spiro atoms. The molecule has 0 heterocycles. The van der Waals surface area contributed by atoms with Gasteiger partial charge in [-0.25, -0.2) is 0 Å². The Bertz CT molecular complexity index is 118. The molecular weight excluding hydrogens is 158 g/mol. The molecule has 0 bridgehead atoms. The average Bonchev–Trinajstić information content (AvgIpc) is 2.17. The Morgan fingerprint density at radius 2 is 2.08 bits per heavy atom. The van der Waals surface area contributed by atoms with Gasteiger partial charge in [-0.05, 0) is 32.7 Å². The van der Waals surface area contributed by atoms with Crippen LogP contribution in [-0.2, 0) is 0 Å². The van der Waals surface area contributed by atoms with Crippen LogP contribution >= 0.6 is 0 Å². The Labute approximate surface area is 83.6 Å². The first-order valence-electron chi connectivity index (χ1n) is 5.69. The Hall–Kier alpha value is -0.300. The second-order valence-electron chi connectivity index (χ2n) is 3.56. The highest BCUT2D eigenvalue weighted by atomic mass is 14.9. The lowest BCUT2D eigenvalue weighted by molar-refractivity contribution is 0.457. The van der Waals surface area contributed by atoms with E-state index < -0.39 is 0 Å². The van der Waals surface area contributed by atoms with Crippen LogP contribution in [0.25, 0.3) is 0 Å². The number of nitrogens with one attached hydrogen (secondary N) is 1. The van der Waals surface area contributed by atoms with Gasteiger partial charge in [-0.3, -0.25) is 0 Å². The highest BCUT2D eigenvalue weighted by Crippen LogP contribution is 2.03. The highest BCUT2D eigenvalue weighted by Gasteiger charge is 2.02. The van der Waals surface area contributed by atoms with Crippen molar-refractivity contribution in [2.24, 2.45) is 0 Å². The van der Waals surface area contributed by atoms with Crippen molar-refractivity contribution in [2.75, 3.05) is 6.54 Å². The third-order valence-corrected chi connectivity index (χ3v) is 2.38. The van der Waals surface area contributed by atoms with Crippen molar-refractivity contribution in [3.63, 3.8) is 0 Å². The molecule has 0 aliphatic carbocycles. The summed E-state index contributed by atoms with van der Waals surface area (Å²) in [6, 6.07) is 0.741. The Balaban J connectivity index is 3.36. The fraction of sp³-hybridized carbons (Fsp3) is 0.833. The maximum Gasteiger partial charge on any atom is 0.00645 e. The zero-order valence-corrected chi connectivity index (χ0v) is 9.47. The van der Waals surface area contributed by atoms with E-state index in [1.165, 1.54) is 32.1 Å². The molecule has 0 saturated carbocycles. The third-order valence-electron chi connectivity index (χ3n) is 2.38. The Kier molecular flexibility index (Phi) is 9.56. The molecule has 0 saturated heterocycles. The molecule has 1 atom stereocenters. The summed E-state index contributed by atoms with van der Waals surface area (Å²) in [6.07, 6.45) is 10.8. The van der Waals surface area contributed by atoms with Crippen molar-refractivity contribution >= 4 is 0 Å². The van der Waals surface area contributed by atoms with Gasteiger partial charge in [0.15, 0.2) is 0 Å². The van der Waals surface area contributed by atoms with Crippen LogP contribution in [0.15, 0.2) is 12.2 Å². The lowest BCUT2D eigenvalue weighted by Crippen LogP contribution is -2.28. The van der Waals surface area contributed by atoms with Gasteiger partial charge in [-0.2, -0.15) is 0 Å². The van der Waals surface area contributed by atoms with E-state index in [1.54, 1.807) is 0 Å². The number of hydrogen-bond donors (Lipinski definition) is 1. The molecule has 0 aromatic rings. The largest absolute Gasteiger partial charge is 0.314 e. The first-order chi connectivity index (χ1) is 6.35. The molecule has 78 valence electrons. The average molecular weight is 183 g/mol. The summed E-state index contributed by atoms with van der Waals surface area (Å²) < 4.78 is 0.